The number of carboxylic acids is 1. The third kappa shape index (κ3) is 4.23. The average molecular weight is 292 g/mol. The Labute approximate surface area is 128 Å². The molecule has 21 heavy (non-hydrogen) atoms. The Kier molecular flexibility index (Phi) is 4.76. The number of benzene rings is 1. The first-order chi connectivity index (χ1) is 9.35. The van der Waals surface area contributed by atoms with Gasteiger partial charge in [0.15, 0.2) is 0 Å². The van der Waals surface area contributed by atoms with E-state index >= 15 is 0 Å². The molecule has 0 amide bonds. The third-order valence-electron chi connectivity index (χ3n) is 4.02. The van der Waals surface area contributed by atoms with Crippen LogP contribution < -0.4 is 0 Å². The lowest BCUT2D eigenvalue weighted by molar-refractivity contribution is -0.136. The van der Waals surface area contributed by atoms with Crippen LogP contribution in [0.15, 0.2) is 6.07 Å². The Bertz CT molecular complexity index is 549. The largest absolute Gasteiger partial charge is 0.507 e. The zero-order valence-corrected chi connectivity index (χ0v) is 14.3. The van der Waals surface area contributed by atoms with Crippen molar-refractivity contribution in [3.63, 3.8) is 0 Å². The maximum absolute atomic E-state index is 11.0. The highest BCUT2D eigenvalue weighted by Crippen LogP contribution is 2.42. The Morgan fingerprint density at radius 3 is 2.05 bits per heavy atom. The summed E-state index contributed by atoms with van der Waals surface area (Å²) in [5.41, 5.74) is 3.19. The van der Waals surface area contributed by atoms with Gasteiger partial charge in [0.1, 0.15) is 5.75 Å². The molecular formula is C18H28O3. The highest BCUT2D eigenvalue weighted by molar-refractivity contribution is 5.71. The van der Waals surface area contributed by atoms with Crippen molar-refractivity contribution in [2.75, 3.05) is 0 Å². The van der Waals surface area contributed by atoms with E-state index in [-0.39, 0.29) is 17.3 Å². The maximum atomic E-state index is 11.0. The maximum Gasteiger partial charge on any atom is 0.307 e. The second kappa shape index (κ2) is 5.70. The van der Waals surface area contributed by atoms with Crippen molar-refractivity contribution >= 4 is 5.97 Å². The van der Waals surface area contributed by atoms with Crippen LogP contribution in [0.3, 0.4) is 0 Å². The number of rotatable bonds is 4. The van der Waals surface area contributed by atoms with Crippen LogP contribution in [0.5, 0.6) is 5.75 Å². The number of carboxylic acid groups (broad SMARTS) is 1. The molecule has 2 N–H and O–H groups in total. The van der Waals surface area contributed by atoms with Gasteiger partial charge in [-0.2, -0.15) is 0 Å². The fraction of sp³-hybridized carbons (Fsp3) is 0.611. The quantitative estimate of drug-likeness (QED) is 0.867. The summed E-state index contributed by atoms with van der Waals surface area (Å²) in [5, 5.41) is 19.6. The van der Waals surface area contributed by atoms with Gasteiger partial charge in [-0.25, -0.2) is 0 Å². The molecule has 1 aromatic rings. The summed E-state index contributed by atoms with van der Waals surface area (Å²) >= 11 is 0. The minimum absolute atomic E-state index is 0.00838. The van der Waals surface area contributed by atoms with Crippen molar-refractivity contribution in [3.8, 4) is 5.75 Å². The lowest BCUT2D eigenvalue weighted by Gasteiger charge is -2.34. The van der Waals surface area contributed by atoms with E-state index in [0.717, 1.165) is 28.7 Å². The number of aliphatic carboxylic acids is 1. The molecule has 0 aliphatic heterocycles. The van der Waals surface area contributed by atoms with Crippen LogP contribution in [0.1, 0.15) is 63.3 Å². The number of phenols is 1. The molecule has 0 unspecified atom stereocenters. The number of phenolic OH excluding ortho intramolecular Hbond substituents is 1. The molecule has 0 fully saturated rings. The minimum atomic E-state index is -0.845. The third-order valence-corrected chi connectivity index (χ3v) is 4.02. The van der Waals surface area contributed by atoms with E-state index < -0.39 is 5.97 Å². The highest BCUT2D eigenvalue weighted by atomic mass is 16.4. The molecule has 1 aromatic carbocycles. The predicted molar refractivity (Wildman–Crippen MR) is 86.0 cm³/mol. The van der Waals surface area contributed by atoms with Crippen LogP contribution in [0.2, 0.25) is 0 Å². The van der Waals surface area contributed by atoms with E-state index in [1.807, 2.05) is 19.9 Å². The van der Waals surface area contributed by atoms with E-state index in [9.17, 15) is 9.90 Å². The fourth-order valence-corrected chi connectivity index (χ4v) is 3.25. The van der Waals surface area contributed by atoms with Crippen molar-refractivity contribution in [1.82, 2.24) is 0 Å². The first-order valence-corrected chi connectivity index (χ1v) is 7.39. The number of carbonyl (C=O) groups is 1. The number of aromatic hydroxyl groups is 1. The number of hydrogen-bond acceptors (Lipinski definition) is 2. The molecule has 0 aliphatic rings. The summed E-state index contributed by atoms with van der Waals surface area (Å²) in [7, 11) is 0. The molecule has 3 heteroatoms. The second-order valence-corrected chi connectivity index (χ2v) is 7.87. The van der Waals surface area contributed by atoms with Gasteiger partial charge in [0.2, 0.25) is 0 Å². The van der Waals surface area contributed by atoms with Crippen molar-refractivity contribution in [1.29, 1.82) is 0 Å². The summed E-state index contributed by atoms with van der Waals surface area (Å²) in [6, 6.07) is 1.87. The van der Waals surface area contributed by atoms with Gasteiger partial charge in [-0.15, -0.1) is 0 Å². The van der Waals surface area contributed by atoms with Crippen LogP contribution in [0.25, 0.3) is 0 Å². The summed E-state index contributed by atoms with van der Waals surface area (Å²) in [6.45, 7) is 14.4. The van der Waals surface area contributed by atoms with Crippen molar-refractivity contribution in [3.05, 3.63) is 28.3 Å². The molecule has 0 aromatic heterocycles. The van der Waals surface area contributed by atoms with Gasteiger partial charge < -0.3 is 10.2 Å². The SMILES string of the molecule is Cc1c(CC(=O)O)cc(C(C)(C)CC(C)(C)C)c(O)c1C. The van der Waals surface area contributed by atoms with Crippen molar-refractivity contribution in [2.45, 2.75) is 66.7 Å². The highest BCUT2D eigenvalue weighted by Gasteiger charge is 2.31. The molecule has 0 atom stereocenters. The van der Waals surface area contributed by atoms with E-state index in [1.165, 1.54) is 0 Å². The molecule has 0 radical (unpaired) electrons. The molecule has 118 valence electrons. The molecule has 0 heterocycles. The normalized spacial score (nSPS) is 12.5. The number of hydrogen-bond donors (Lipinski definition) is 2. The Balaban J connectivity index is 3.42. The average Bonchev–Trinajstić information content (AvgIpc) is 2.26. The lowest BCUT2D eigenvalue weighted by Crippen LogP contribution is -2.25. The van der Waals surface area contributed by atoms with Crippen LogP contribution in [-0.4, -0.2) is 16.2 Å². The van der Waals surface area contributed by atoms with Crippen LogP contribution >= 0.6 is 0 Å². The van der Waals surface area contributed by atoms with Gasteiger partial charge in [-0.05, 0) is 47.8 Å². The molecule has 0 saturated heterocycles. The van der Waals surface area contributed by atoms with Gasteiger partial charge in [-0.1, -0.05) is 40.7 Å². The Hall–Kier alpha value is -1.51. The van der Waals surface area contributed by atoms with Crippen LogP contribution in [0, 0.1) is 19.3 Å². The van der Waals surface area contributed by atoms with E-state index in [2.05, 4.69) is 34.6 Å². The van der Waals surface area contributed by atoms with E-state index in [1.54, 1.807) is 0 Å². The Morgan fingerprint density at radius 2 is 1.62 bits per heavy atom. The molecule has 0 saturated carbocycles. The smallest absolute Gasteiger partial charge is 0.307 e. The first-order valence-electron chi connectivity index (χ1n) is 7.39. The monoisotopic (exact) mass is 292 g/mol. The molecule has 3 nitrogen and oxygen atoms in total. The standard InChI is InChI=1S/C18H28O3/c1-11-12(2)16(21)14(8-13(11)9-15(19)20)18(6,7)10-17(3,4)5/h8,21H,9-10H2,1-7H3,(H,19,20). The van der Waals surface area contributed by atoms with Gasteiger partial charge in [0.05, 0.1) is 6.42 Å². The fourth-order valence-electron chi connectivity index (χ4n) is 3.25. The van der Waals surface area contributed by atoms with Crippen LogP contribution in [0.4, 0.5) is 0 Å². The summed E-state index contributed by atoms with van der Waals surface area (Å²) in [4.78, 5) is 11.0. The molecule has 0 bridgehead atoms. The van der Waals surface area contributed by atoms with Gasteiger partial charge in [-0.3, -0.25) is 4.79 Å². The predicted octanol–water partition coefficient (Wildman–Crippen LogP) is 4.35. The zero-order valence-electron chi connectivity index (χ0n) is 14.3. The van der Waals surface area contributed by atoms with E-state index in [4.69, 9.17) is 5.11 Å². The topological polar surface area (TPSA) is 57.5 Å². The van der Waals surface area contributed by atoms with Crippen LogP contribution in [-0.2, 0) is 16.6 Å². The molecule has 0 aliphatic carbocycles. The molecule has 0 spiro atoms. The first kappa shape index (κ1) is 17.5. The zero-order chi connectivity index (χ0) is 16.6. The molecular weight excluding hydrogens is 264 g/mol. The summed E-state index contributed by atoms with van der Waals surface area (Å²) < 4.78 is 0. The van der Waals surface area contributed by atoms with Gasteiger partial charge >= 0.3 is 5.97 Å². The second-order valence-electron chi connectivity index (χ2n) is 7.87. The van der Waals surface area contributed by atoms with Gasteiger partial charge in [0, 0.05) is 5.56 Å². The van der Waals surface area contributed by atoms with Crippen molar-refractivity contribution < 1.29 is 15.0 Å². The minimum Gasteiger partial charge on any atom is -0.507 e. The summed E-state index contributed by atoms with van der Waals surface area (Å²) in [5.74, 6) is -0.543. The van der Waals surface area contributed by atoms with E-state index in [0.29, 0.717) is 5.75 Å². The van der Waals surface area contributed by atoms with Gasteiger partial charge in [0.25, 0.3) is 0 Å². The molecule has 1 rings (SSSR count). The summed E-state index contributed by atoms with van der Waals surface area (Å²) in [6.07, 6.45) is 0.897. The Morgan fingerprint density at radius 1 is 1.10 bits per heavy atom. The van der Waals surface area contributed by atoms with Crippen molar-refractivity contribution in [2.24, 2.45) is 5.41 Å². The lowest BCUT2D eigenvalue weighted by atomic mass is 9.71.